The zero-order valence-electron chi connectivity index (χ0n) is 12.6. The minimum atomic E-state index is -0.399. The maximum Gasteiger partial charge on any atom is 0.147 e. The molecule has 1 nitrogen and oxygen atoms in total. The first-order valence-corrected chi connectivity index (χ1v) is 7.83. The fourth-order valence-electron chi connectivity index (χ4n) is 2.97. The summed E-state index contributed by atoms with van der Waals surface area (Å²) in [6.45, 7) is 4.18. The number of halogens is 1. The van der Waals surface area contributed by atoms with Crippen molar-refractivity contribution < 1.29 is 4.79 Å². The molecule has 2 aromatic rings. The molecule has 0 bridgehead atoms. The van der Waals surface area contributed by atoms with Crippen LogP contribution in [0.3, 0.4) is 0 Å². The van der Waals surface area contributed by atoms with E-state index in [1.807, 2.05) is 42.5 Å². The van der Waals surface area contributed by atoms with Gasteiger partial charge in [0, 0.05) is 11.4 Å². The highest BCUT2D eigenvalue weighted by molar-refractivity contribution is 6.30. The molecule has 21 heavy (non-hydrogen) atoms. The van der Waals surface area contributed by atoms with Gasteiger partial charge < -0.3 is 0 Å². The Hall–Kier alpha value is -1.60. The van der Waals surface area contributed by atoms with Crippen LogP contribution in [0.25, 0.3) is 0 Å². The minimum Gasteiger partial charge on any atom is -0.298 e. The van der Waals surface area contributed by atoms with E-state index in [0.717, 1.165) is 24.0 Å². The Morgan fingerprint density at radius 3 is 2.24 bits per heavy atom. The third-order valence-corrected chi connectivity index (χ3v) is 4.56. The minimum absolute atomic E-state index is 0.265. The summed E-state index contributed by atoms with van der Waals surface area (Å²) in [6, 6.07) is 17.7. The van der Waals surface area contributed by atoms with Crippen LogP contribution in [0.5, 0.6) is 0 Å². The Morgan fingerprint density at radius 1 is 1.00 bits per heavy atom. The van der Waals surface area contributed by atoms with Gasteiger partial charge in [0.25, 0.3) is 0 Å². The summed E-state index contributed by atoms with van der Waals surface area (Å²) in [5.41, 5.74) is 1.69. The zero-order chi connectivity index (χ0) is 15.3. The van der Waals surface area contributed by atoms with E-state index in [1.54, 1.807) is 0 Å². The predicted octanol–water partition coefficient (Wildman–Crippen LogP) is 5.21. The maximum atomic E-state index is 13.0. The van der Waals surface area contributed by atoms with Crippen LogP contribution in [0.15, 0.2) is 54.6 Å². The molecule has 0 aliphatic heterocycles. The van der Waals surface area contributed by atoms with Gasteiger partial charge in [-0.2, -0.15) is 0 Å². The molecule has 0 radical (unpaired) electrons. The summed E-state index contributed by atoms with van der Waals surface area (Å²) in [7, 11) is 0. The highest BCUT2D eigenvalue weighted by Gasteiger charge is 2.35. The van der Waals surface area contributed by atoms with Crippen molar-refractivity contribution in [3.63, 3.8) is 0 Å². The van der Waals surface area contributed by atoms with E-state index in [2.05, 4.69) is 26.0 Å². The number of hydrogen-bond donors (Lipinski definition) is 0. The Kier molecular flexibility index (Phi) is 5.19. The van der Waals surface area contributed by atoms with E-state index in [9.17, 15) is 4.79 Å². The summed E-state index contributed by atoms with van der Waals surface area (Å²) in [4.78, 5) is 13.0. The second kappa shape index (κ2) is 6.91. The van der Waals surface area contributed by atoms with Crippen LogP contribution in [0.4, 0.5) is 0 Å². The third-order valence-electron chi connectivity index (χ3n) is 4.32. The van der Waals surface area contributed by atoms with Gasteiger partial charge in [-0.15, -0.1) is 0 Å². The number of hydrogen-bond acceptors (Lipinski definition) is 1. The van der Waals surface area contributed by atoms with Gasteiger partial charge in [-0.25, -0.2) is 0 Å². The predicted molar refractivity (Wildman–Crippen MR) is 88.9 cm³/mol. The average Bonchev–Trinajstić information content (AvgIpc) is 2.50. The van der Waals surface area contributed by atoms with E-state index in [-0.39, 0.29) is 5.78 Å². The lowest BCUT2D eigenvalue weighted by atomic mass is 9.71. The van der Waals surface area contributed by atoms with E-state index < -0.39 is 5.41 Å². The molecular weight excluding hydrogens is 280 g/mol. The molecule has 0 fully saturated rings. The SMILES string of the molecule is CCC(CC)(C(=O)Cc1cccc(Cl)c1)c1ccccc1. The molecular formula is C19H21ClO. The Bertz CT molecular complexity index is 600. The molecule has 0 aliphatic rings. The fraction of sp³-hybridized carbons (Fsp3) is 0.316. The van der Waals surface area contributed by atoms with Crippen molar-refractivity contribution in [1.29, 1.82) is 0 Å². The lowest BCUT2D eigenvalue weighted by Crippen LogP contribution is -2.36. The third kappa shape index (κ3) is 3.36. The molecule has 0 aromatic heterocycles. The molecule has 0 aliphatic carbocycles. The van der Waals surface area contributed by atoms with Gasteiger partial charge >= 0.3 is 0 Å². The molecule has 110 valence electrons. The van der Waals surface area contributed by atoms with Crippen LogP contribution in [-0.4, -0.2) is 5.78 Å². The molecule has 0 unspecified atom stereocenters. The van der Waals surface area contributed by atoms with Crippen molar-refractivity contribution in [2.24, 2.45) is 0 Å². The molecule has 0 saturated carbocycles. The number of carbonyl (C=O) groups excluding carboxylic acids is 1. The van der Waals surface area contributed by atoms with Crippen LogP contribution in [0.2, 0.25) is 5.02 Å². The van der Waals surface area contributed by atoms with E-state index >= 15 is 0 Å². The summed E-state index contributed by atoms with van der Waals surface area (Å²) in [6.07, 6.45) is 2.05. The molecule has 0 saturated heterocycles. The normalized spacial score (nSPS) is 11.4. The largest absolute Gasteiger partial charge is 0.298 e. The Labute approximate surface area is 132 Å². The van der Waals surface area contributed by atoms with E-state index in [1.165, 1.54) is 0 Å². The zero-order valence-corrected chi connectivity index (χ0v) is 13.4. The highest BCUT2D eigenvalue weighted by Crippen LogP contribution is 2.34. The highest BCUT2D eigenvalue weighted by atomic mass is 35.5. The van der Waals surface area contributed by atoms with Gasteiger partial charge in [0.15, 0.2) is 0 Å². The van der Waals surface area contributed by atoms with Crippen molar-refractivity contribution >= 4 is 17.4 Å². The van der Waals surface area contributed by atoms with E-state index in [4.69, 9.17) is 11.6 Å². The van der Waals surface area contributed by atoms with Gasteiger partial charge in [-0.1, -0.05) is 67.9 Å². The number of benzene rings is 2. The van der Waals surface area contributed by atoms with Crippen LogP contribution in [0.1, 0.15) is 37.8 Å². The maximum absolute atomic E-state index is 13.0. The van der Waals surface area contributed by atoms with Crippen molar-refractivity contribution in [3.8, 4) is 0 Å². The molecule has 0 N–H and O–H groups in total. The van der Waals surface area contributed by atoms with Crippen molar-refractivity contribution in [1.82, 2.24) is 0 Å². The quantitative estimate of drug-likeness (QED) is 0.715. The van der Waals surface area contributed by atoms with Gasteiger partial charge in [0.1, 0.15) is 5.78 Å². The molecule has 2 rings (SSSR count). The molecule has 2 aromatic carbocycles. The van der Waals surface area contributed by atoms with Crippen LogP contribution < -0.4 is 0 Å². The first-order valence-electron chi connectivity index (χ1n) is 7.45. The van der Waals surface area contributed by atoms with Crippen LogP contribution >= 0.6 is 11.6 Å². The van der Waals surface area contributed by atoms with Gasteiger partial charge in [0.2, 0.25) is 0 Å². The van der Waals surface area contributed by atoms with E-state index in [0.29, 0.717) is 11.4 Å². The standard InChI is InChI=1S/C19H21ClO/c1-3-19(4-2,16-10-6-5-7-11-16)18(21)14-15-9-8-12-17(20)13-15/h5-13H,3-4,14H2,1-2H3. The lowest BCUT2D eigenvalue weighted by molar-refractivity contribution is -0.124. The first kappa shape index (κ1) is 15.8. The van der Waals surface area contributed by atoms with Crippen LogP contribution in [-0.2, 0) is 16.6 Å². The number of Topliss-reactive ketones (excluding diaryl/α,β-unsaturated/α-hetero) is 1. The first-order chi connectivity index (χ1) is 10.1. The topological polar surface area (TPSA) is 17.1 Å². The molecule has 0 amide bonds. The van der Waals surface area contributed by atoms with Crippen LogP contribution in [0, 0.1) is 0 Å². The van der Waals surface area contributed by atoms with Crippen molar-refractivity contribution in [3.05, 3.63) is 70.7 Å². The average molecular weight is 301 g/mol. The Morgan fingerprint density at radius 2 is 1.67 bits per heavy atom. The summed E-state index contributed by atoms with van der Waals surface area (Å²) in [5, 5.41) is 0.679. The second-order valence-electron chi connectivity index (χ2n) is 5.39. The number of ketones is 1. The summed E-state index contributed by atoms with van der Waals surface area (Å²) in [5.74, 6) is 0.265. The summed E-state index contributed by atoms with van der Waals surface area (Å²) >= 11 is 6.02. The fourth-order valence-corrected chi connectivity index (χ4v) is 3.19. The smallest absolute Gasteiger partial charge is 0.147 e. The van der Waals surface area contributed by atoms with Gasteiger partial charge in [-0.05, 0) is 36.1 Å². The molecule has 2 heteroatoms. The van der Waals surface area contributed by atoms with Gasteiger partial charge in [0.05, 0.1) is 5.41 Å². The molecule has 0 spiro atoms. The number of rotatable bonds is 6. The Balaban J connectivity index is 2.32. The van der Waals surface area contributed by atoms with Crippen molar-refractivity contribution in [2.75, 3.05) is 0 Å². The lowest BCUT2D eigenvalue weighted by Gasteiger charge is -2.31. The second-order valence-corrected chi connectivity index (χ2v) is 5.82. The van der Waals surface area contributed by atoms with Crippen molar-refractivity contribution in [2.45, 2.75) is 38.5 Å². The monoisotopic (exact) mass is 300 g/mol. The van der Waals surface area contributed by atoms with Gasteiger partial charge in [-0.3, -0.25) is 4.79 Å². The molecule has 0 heterocycles. The summed E-state index contributed by atoms with van der Waals surface area (Å²) < 4.78 is 0. The molecule has 0 atom stereocenters. The number of carbonyl (C=O) groups is 1.